The Balaban J connectivity index is 2.50. The van der Waals surface area contributed by atoms with E-state index in [-0.39, 0.29) is 6.79 Å². The van der Waals surface area contributed by atoms with Crippen LogP contribution in [0.3, 0.4) is 0 Å². The molecule has 1 heterocycles. The van der Waals surface area contributed by atoms with Crippen LogP contribution in [-0.4, -0.2) is 17.9 Å². The summed E-state index contributed by atoms with van der Waals surface area (Å²) in [5.74, 6) is -0.674. The van der Waals surface area contributed by atoms with E-state index in [1.54, 1.807) is 19.1 Å². The first kappa shape index (κ1) is 10.1. The average Bonchev–Trinajstić information content (AvgIpc) is 2.66. The predicted molar refractivity (Wildman–Crippen MR) is 53.6 cm³/mol. The summed E-state index contributed by atoms with van der Waals surface area (Å²) in [6.45, 7) is 1.67. The molecular weight excluding hydrogens is 220 g/mol. The molecule has 0 bridgehead atoms. The zero-order valence-corrected chi connectivity index (χ0v) is 8.75. The molecular formula is C10H9ClO4. The molecule has 15 heavy (non-hydrogen) atoms. The van der Waals surface area contributed by atoms with E-state index in [4.69, 9.17) is 26.2 Å². The number of hydrogen-bond donors (Lipinski definition) is 1. The van der Waals surface area contributed by atoms with Crippen LogP contribution in [0.15, 0.2) is 12.1 Å². The number of halogens is 1. The van der Waals surface area contributed by atoms with Crippen molar-refractivity contribution in [3.05, 3.63) is 22.7 Å². The number of carbonyl (C=O) groups is 1. The van der Waals surface area contributed by atoms with E-state index >= 15 is 0 Å². The van der Waals surface area contributed by atoms with Crippen molar-refractivity contribution in [2.75, 3.05) is 6.79 Å². The number of carboxylic acid groups (broad SMARTS) is 1. The van der Waals surface area contributed by atoms with Crippen molar-refractivity contribution in [3.8, 4) is 11.5 Å². The smallest absolute Gasteiger partial charge is 0.310 e. The van der Waals surface area contributed by atoms with Gasteiger partial charge in [-0.1, -0.05) is 17.7 Å². The van der Waals surface area contributed by atoms with Gasteiger partial charge in [0.15, 0.2) is 11.5 Å². The SMILES string of the molecule is CC(C(=O)O)c1ccc(Cl)c2c1OCO2. The fourth-order valence-corrected chi connectivity index (χ4v) is 1.66. The van der Waals surface area contributed by atoms with Gasteiger partial charge in [0, 0.05) is 5.56 Å². The van der Waals surface area contributed by atoms with Crippen LogP contribution < -0.4 is 9.47 Å². The van der Waals surface area contributed by atoms with E-state index < -0.39 is 11.9 Å². The van der Waals surface area contributed by atoms with Crippen molar-refractivity contribution >= 4 is 17.6 Å². The van der Waals surface area contributed by atoms with Crippen LogP contribution in [0.4, 0.5) is 0 Å². The second kappa shape index (κ2) is 3.62. The zero-order valence-electron chi connectivity index (χ0n) is 7.99. The first-order valence-electron chi connectivity index (χ1n) is 4.42. The monoisotopic (exact) mass is 228 g/mol. The minimum atomic E-state index is -0.907. The van der Waals surface area contributed by atoms with Crippen LogP contribution in [0.2, 0.25) is 5.02 Å². The predicted octanol–water partition coefficient (Wildman–Crippen LogP) is 2.26. The van der Waals surface area contributed by atoms with Crippen LogP contribution in [0.5, 0.6) is 11.5 Å². The molecule has 80 valence electrons. The summed E-state index contributed by atoms with van der Waals surface area (Å²) in [6.07, 6.45) is 0. The molecule has 0 saturated carbocycles. The normalized spacial score (nSPS) is 15.1. The minimum Gasteiger partial charge on any atom is -0.481 e. The van der Waals surface area contributed by atoms with Gasteiger partial charge in [0.1, 0.15) is 0 Å². The van der Waals surface area contributed by atoms with Gasteiger partial charge in [-0.15, -0.1) is 0 Å². The van der Waals surface area contributed by atoms with Crippen LogP contribution in [0, 0.1) is 0 Å². The summed E-state index contributed by atoms with van der Waals surface area (Å²) in [4.78, 5) is 10.9. The quantitative estimate of drug-likeness (QED) is 0.844. The number of rotatable bonds is 2. The van der Waals surface area contributed by atoms with Gasteiger partial charge in [0.25, 0.3) is 0 Å². The van der Waals surface area contributed by atoms with Gasteiger partial charge in [-0.25, -0.2) is 0 Å². The molecule has 1 atom stereocenters. The first-order valence-corrected chi connectivity index (χ1v) is 4.80. The Kier molecular flexibility index (Phi) is 2.44. The van der Waals surface area contributed by atoms with Gasteiger partial charge in [-0.05, 0) is 13.0 Å². The summed E-state index contributed by atoms with van der Waals surface area (Å²) in [7, 11) is 0. The molecule has 0 saturated heterocycles. The standard InChI is InChI=1S/C10H9ClO4/c1-5(10(12)13)6-2-3-7(11)9-8(6)14-4-15-9/h2-3,5H,4H2,1H3,(H,12,13). The highest BCUT2D eigenvalue weighted by Crippen LogP contribution is 2.44. The molecule has 4 nitrogen and oxygen atoms in total. The number of fused-ring (bicyclic) bond motifs is 1. The Labute approximate surface area is 91.4 Å². The lowest BCUT2D eigenvalue weighted by atomic mass is 10.00. The van der Waals surface area contributed by atoms with Gasteiger partial charge in [-0.2, -0.15) is 0 Å². The maximum absolute atomic E-state index is 10.9. The van der Waals surface area contributed by atoms with Gasteiger partial charge in [0.2, 0.25) is 6.79 Å². The molecule has 1 unspecified atom stereocenters. The van der Waals surface area contributed by atoms with E-state index in [1.165, 1.54) is 0 Å². The summed E-state index contributed by atoms with van der Waals surface area (Å²) in [5.41, 5.74) is 0.583. The van der Waals surface area contributed by atoms with Gasteiger partial charge < -0.3 is 14.6 Å². The van der Waals surface area contributed by atoms with Gasteiger partial charge in [0.05, 0.1) is 10.9 Å². The second-order valence-corrected chi connectivity index (χ2v) is 3.67. The Morgan fingerprint density at radius 2 is 2.13 bits per heavy atom. The van der Waals surface area contributed by atoms with Crippen molar-refractivity contribution < 1.29 is 19.4 Å². The van der Waals surface area contributed by atoms with E-state index in [0.29, 0.717) is 22.1 Å². The molecule has 0 fully saturated rings. The molecule has 1 aliphatic rings. The number of aliphatic carboxylic acids is 1. The van der Waals surface area contributed by atoms with Crippen molar-refractivity contribution in [1.82, 2.24) is 0 Å². The molecule has 1 aromatic rings. The molecule has 0 aromatic heterocycles. The van der Waals surface area contributed by atoms with Crippen molar-refractivity contribution in [1.29, 1.82) is 0 Å². The first-order chi connectivity index (χ1) is 7.11. The average molecular weight is 229 g/mol. The molecule has 0 radical (unpaired) electrons. The molecule has 0 amide bonds. The lowest BCUT2D eigenvalue weighted by Gasteiger charge is -2.10. The molecule has 0 spiro atoms. The zero-order chi connectivity index (χ0) is 11.0. The lowest BCUT2D eigenvalue weighted by Crippen LogP contribution is -2.08. The maximum Gasteiger partial charge on any atom is 0.310 e. The van der Waals surface area contributed by atoms with Crippen molar-refractivity contribution in [2.24, 2.45) is 0 Å². The third kappa shape index (κ3) is 1.61. The second-order valence-electron chi connectivity index (χ2n) is 3.26. The van der Waals surface area contributed by atoms with Crippen molar-refractivity contribution in [2.45, 2.75) is 12.8 Å². The summed E-state index contributed by atoms with van der Waals surface area (Å²) in [5, 5.41) is 9.34. The van der Waals surface area contributed by atoms with Crippen LogP contribution in [0.25, 0.3) is 0 Å². The van der Waals surface area contributed by atoms with Gasteiger partial charge >= 0.3 is 5.97 Å². The maximum atomic E-state index is 10.9. The topological polar surface area (TPSA) is 55.8 Å². The third-order valence-electron chi connectivity index (χ3n) is 2.34. The van der Waals surface area contributed by atoms with Crippen molar-refractivity contribution in [3.63, 3.8) is 0 Å². The molecule has 1 aliphatic heterocycles. The highest BCUT2D eigenvalue weighted by molar-refractivity contribution is 6.32. The summed E-state index contributed by atoms with van der Waals surface area (Å²) in [6, 6.07) is 3.26. The molecule has 5 heteroatoms. The lowest BCUT2D eigenvalue weighted by molar-refractivity contribution is -0.138. The molecule has 2 rings (SSSR count). The third-order valence-corrected chi connectivity index (χ3v) is 2.64. The number of carboxylic acids is 1. The van der Waals surface area contributed by atoms with Crippen LogP contribution in [-0.2, 0) is 4.79 Å². The summed E-state index contributed by atoms with van der Waals surface area (Å²) >= 11 is 5.87. The Bertz CT molecular complexity index is 416. The Hall–Kier alpha value is -1.42. The number of hydrogen-bond acceptors (Lipinski definition) is 3. The van der Waals surface area contributed by atoms with E-state index in [1.807, 2.05) is 0 Å². The van der Waals surface area contributed by atoms with Crippen LogP contribution in [0.1, 0.15) is 18.4 Å². The number of benzene rings is 1. The van der Waals surface area contributed by atoms with E-state index in [0.717, 1.165) is 0 Å². The Morgan fingerprint density at radius 3 is 2.80 bits per heavy atom. The van der Waals surface area contributed by atoms with E-state index in [2.05, 4.69) is 0 Å². The highest BCUT2D eigenvalue weighted by Gasteiger charge is 2.26. The van der Waals surface area contributed by atoms with E-state index in [9.17, 15) is 4.79 Å². The largest absolute Gasteiger partial charge is 0.481 e. The summed E-state index contributed by atoms with van der Waals surface area (Å²) < 4.78 is 10.4. The molecule has 0 aliphatic carbocycles. The van der Waals surface area contributed by atoms with Crippen LogP contribution >= 0.6 is 11.6 Å². The van der Waals surface area contributed by atoms with Gasteiger partial charge in [-0.3, -0.25) is 4.79 Å². The minimum absolute atomic E-state index is 0.0818. The fraction of sp³-hybridized carbons (Fsp3) is 0.300. The fourth-order valence-electron chi connectivity index (χ4n) is 1.46. The number of ether oxygens (including phenoxy) is 2. The molecule has 1 aromatic carbocycles. The highest BCUT2D eigenvalue weighted by atomic mass is 35.5. The molecule has 1 N–H and O–H groups in total. The Morgan fingerprint density at radius 1 is 1.47 bits per heavy atom.